The van der Waals surface area contributed by atoms with Gasteiger partial charge in [0.2, 0.25) is 0 Å². The lowest BCUT2D eigenvalue weighted by molar-refractivity contribution is 0.0565. The normalized spacial score (nSPS) is 15.6. The van der Waals surface area contributed by atoms with Crippen molar-refractivity contribution in [2.24, 2.45) is 0 Å². The number of hydrogen-bond acceptors (Lipinski definition) is 3. The average Bonchev–Trinajstić information content (AvgIpc) is 2.91. The molecule has 1 heterocycles. The molecule has 0 saturated heterocycles. The minimum Gasteiger partial charge on any atom is -0.378 e. The van der Waals surface area contributed by atoms with Crippen molar-refractivity contribution in [3.8, 4) is 0 Å². The third kappa shape index (κ3) is 4.80. The Labute approximate surface area is 118 Å². The van der Waals surface area contributed by atoms with Crippen LogP contribution in [0.4, 0.5) is 0 Å². The Morgan fingerprint density at radius 1 is 1.42 bits per heavy atom. The molecule has 19 heavy (non-hydrogen) atoms. The lowest BCUT2D eigenvalue weighted by Crippen LogP contribution is -2.25. The van der Waals surface area contributed by atoms with E-state index in [-0.39, 0.29) is 5.91 Å². The molecule has 1 aliphatic rings. The van der Waals surface area contributed by atoms with Crippen LogP contribution in [0.1, 0.15) is 42.5 Å². The van der Waals surface area contributed by atoms with Gasteiger partial charge in [-0.05, 0) is 25.3 Å². The molecule has 0 atom stereocenters. The van der Waals surface area contributed by atoms with Crippen molar-refractivity contribution in [3.63, 3.8) is 0 Å². The second kappa shape index (κ2) is 7.46. The van der Waals surface area contributed by atoms with E-state index in [0.717, 1.165) is 6.42 Å². The molecule has 0 spiro atoms. The number of hydrogen-bond donors (Lipinski definition) is 1. The molecular weight excluding hydrogens is 264 g/mol. The second-order valence-electron chi connectivity index (χ2n) is 4.78. The number of halogens is 1. The maximum absolute atomic E-state index is 11.8. The van der Waals surface area contributed by atoms with Crippen molar-refractivity contribution < 1.29 is 9.53 Å². The van der Waals surface area contributed by atoms with Gasteiger partial charge in [0, 0.05) is 25.5 Å². The van der Waals surface area contributed by atoms with Gasteiger partial charge in [-0.3, -0.25) is 9.78 Å². The van der Waals surface area contributed by atoms with Crippen molar-refractivity contribution in [1.82, 2.24) is 10.3 Å². The van der Waals surface area contributed by atoms with Crippen LogP contribution in [0, 0.1) is 0 Å². The third-order valence-corrected chi connectivity index (χ3v) is 3.44. The van der Waals surface area contributed by atoms with Gasteiger partial charge in [0.25, 0.3) is 5.91 Å². The van der Waals surface area contributed by atoms with E-state index >= 15 is 0 Å². The summed E-state index contributed by atoms with van der Waals surface area (Å²) in [5, 5.41) is 3.30. The van der Waals surface area contributed by atoms with Crippen molar-refractivity contribution in [1.29, 1.82) is 0 Å². The van der Waals surface area contributed by atoms with Gasteiger partial charge in [-0.1, -0.05) is 24.4 Å². The van der Waals surface area contributed by atoms with E-state index in [1.807, 2.05) is 0 Å². The molecular formula is C14H19ClN2O2. The Bertz CT molecular complexity index is 420. The number of aromatic nitrogens is 1. The summed E-state index contributed by atoms with van der Waals surface area (Å²) in [7, 11) is 0. The molecule has 2 rings (SSSR count). The van der Waals surface area contributed by atoms with Crippen LogP contribution < -0.4 is 5.32 Å². The molecule has 4 nitrogen and oxygen atoms in total. The van der Waals surface area contributed by atoms with E-state index in [9.17, 15) is 4.79 Å². The van der Waals surface area contributed by atoms with Gasteiger partial charge in [-0.25, -0.2) is 0 Å². The molecule has 1 N–H and O–H groups in total. The van der Waals surface area contributed by atoms with E-state index < -0.39 is 0 Å². The van der Waals surface area contributed by atoms with E-state index in [2.05, 4.69) is 10.3 Å². The Balaban J connectivity index is 1.61. The summed E-state index contributed by atoms with van der Waals surface area (Å²) in [6, 6.07) is 1.61. The molecule has 1 saturated carbocycles. The predicted octanol–water partition coefficient (Wildman–Crippen LogP) is 2.81. The number of nitrogens with one attached hydrogen (secondary N) is 1. The molecule has 0 bridgehead atoms. The first-order valence-corrected chi connectivity index (χ1v) is 7.14. The van der Waals surface area contributed by atoms with Crippen LogP contribution in [0.15, 0.2) is 18.5 Å². The van der Waals surface area contributed by atoms with Crippen molar-refractivity contribution in [3.05, 3.63) is 29.0 Å². The molecule has 1 aliphatic carbocycles. The first kappa shape index (κ1) is 14.3. The van der Waals surface area contributed by atoms with Crippen molar-refractivity contribution in [2.45, 2.75) is 38.2 Å². The zero-order valence-corrected chi connectivity index (χ0v) is 11.7. The number of rotatable bonds is 6. The van der Waals surface area contributed by atoms with E-state index in [1.165, 1.54) is 38.1 Å². The standard InChI is InChI=1S/C14H19ClN2O2/c15-12-8-11(9-16-10-12)14(18)17-6-3-7-19-13-4-1-2-5-13/h8-10,13H,1-7H2,(H,17,18). The van der Waals surface area contributed by atoms with Crippen LogP contribution in [0.3, 0.4) is 0 Å². The van der Waals surface area contributed by atoms with Crippen LogP contribution >= 0.6 is 11.6 Å². The zero-order chi connectivity index (χ0) is 13.5. The van der Waals surface area contributed by atoms with Crippen LogP contribution in [-0.2, 0) is 4.74 Å². The molecule has 1 amide bonds. The fraction of sp³-hybridized carbons (Fsp3) is 0.571. The molecule has 0 aromatic carbocycles. The minimum absolute atomic E-state index is 0.143. The molecule has 104 valence electrons. The molecule has 0 unspecified atom stereocenters. The Kier molecular flexibility index (Phi) is 5.61. The van der Waals surface area contributed by atoms with Gasteiger partial charge in [-0.15, -0.1) is 0 Å². The van der Waals surface area contributed by atoms with Crippen LogP contribution in [0.2, 0.25) is 5.02 Å². The van der Waals surface area contributed by atoms with Gasteiger partial charge in [-0.2, -0.15) is 0 Å². The Hall–Kier alpha value is -1.13. The number of pyridine rings is 1. The maximum atomic E-state index is 11.8. The highest BCUT2D eigenvalue weighted by Crippen LogP contribution is 2.20. The van der Waals surface area contributed by atoms with E-state index in [4.69, 9.17) is 16.3 Å². The molecule has 0 aliphatic heterocycles. The molecule has 1 fully saturated rings. The number of ether oxygens (including phenoxy) is 1. The third-order valence-electron chi connectivity index (χ3n) is 3.23. The van der Waals surface area contributed by atoms with Gasteiger partial charge in [0.05, 0.1) is 16.7 Å². The summed E-state index contributed by atoms with van der Waals surface area (Å²) in [4.78, 5) is 15.7. The predicted molar refractivity (Wildman–Crippen MR) is 74.4 cm³/mol. The highest BCUT2D eigenvalue weighted by Gasteiger charge is 2.14. The summed E-state index contributed by atoms with van der Waals surface area (Å²) in [6.45, 7) is 1.32. The van der Waals surface area contributed by atoms with Crippen molar-refractivity contribution >= 4 is 17.5 Å². The fourth-order valence-electron chi connectivity index (χ4n) is 2.22. The Morgan fingerprint density at radius 3 is 2.95 bits per heavy atom. The summed E-state index contributed by atoms with van der Waals surface area (Å²) >= 11 is 5.78. The van der Waals surface area contributed by atoms with Gasteiger partial charge < -0.3 is 10.1 Å². The van der Waals surface area contributed by atoms with E-state index in [0.29, 0.717) is 29.8 Å². The lowest BCUT2D eigenvalue weighted by atomic mass is 10.2. The molecule has 5 heteroatoms. The monoisotopic (exact) mass is 282 g/mol. The summed E-state index contributed by atoms with van der Waals surface area (Å²) in [5.41, 5.74) is 0.490. The van der Waals surface area contributed by atoms with Crippen molar-refractivity contribution in [2.75, 3.05) is 13.2 Å². The largest absolute Gasteiger partial charge is 0.378 e. The lowest BCUT2D eigenvalue weighted by Gasteiger charge is -2.11. The molecule has 0 radical (unpaired) electrons. The number of nitrogens with zero attached hydrogens (tertiary/aromatic N) is 1. The van der Waals surface area contributed by atoms with Crippen LogP contribution in [0.25, 0.3) is 0 Å². The van der Waals surface area contributed by atoms with Crippen LogP contribution in [-0.4, -0.2) is 30.1 Å². The number of carbonyl (C=O) groups excluding carboxylic acids is 1. The highest BCUT2D eigenvalue weighted by atomic mass is 35.5. The minimum atomic E-state index is -0.143. The fourth-order valence-corrected chi connectivity index (χ4v) is 2.39. The number of amides is 1. The number of carbonyl (C=O) groups is 1. The quantitative estimate of drug-likeness (QED) is 0.816. The van der Waals surface area contributed by atoms with Gasteiger partial charge in [0.1, 0.15) is 0 Å². The first-order valence-electron chi connectivity index (χ1n) is 6.76. The van der Waals surface area contributed by atoms with Crippen LogP contribution in [0.5, 0.6) is 0 Å². The topological polar surface area (TPSA) is 51.2 Å². The Morgan fingerprint density at radius 2 is 2.21 bits per heavy atom. The zero-order valence-electron chi connectivity index (χ0n) is 10.9. The summed E-state index contributed by atoms with van der Waals surface area (Å²) < 4.78 is 5.72. The molecule has 1 aromatic rings. The van der Waals surface area contributed by atoms with E-state index in [1.54, 1.807) is 6.07 Å². The summed E-state index contributed by atoms with van der Waals surface area (Å²) in [6.07, 6.45) is 9.21. The first-order chi connectivity index (χ1) is 9.25. The van der Waals surface area contributed by atoms with Gasteiger partial charge >= 0.3 is 0 Å². The molecule has 1 aromatic heterocycles. The summed E-state index contributed by atoms with van der Waals surface area (Å²) in [5.74, 6) is -0.143. The van der Waals surface area contributed by atoms with Gasteiger partial charge in [0.15, 0.2) is 0 Å². The maximum Gasteiger partial charge on any atom is 0.252 e. The highest BCUT2D eigenvalue weighted by molar-refractivity contribution is 6.30. The SMILES string of the molecule is O=C(NCCCOC1CCCC1)c1cncc(Cl)c1. The average molecular weight is 283 g/mol. The smallest absolute Gasteiger partial charge is 0.252 e. The second-order valence-corrected chi connectivity index (χ2v) is 5.21.